The molecule has 0 bridgehead atoms. The first-order valence-corrected chi connectivity index (χ1v) is 11.5. The molecule has 0 aliphatic heterocycles. The van der Waals surface area contributed by atoms with Crippen LogP contribution in [0.5, 0.6) is 11.5 Å². The molecule has 0 aromatic heterocycles. The van der Waals surface area contributed by atoms with Gasteiger partial charge in [-0.25, -0.2) is 0 Å². The molecule has 34 heavy (non-hydrogen) atoms. The van der Waals surface area contributed by atoms with Crippen LogP contribution in [-0.2, 0) is 17.8 Å². The summed E-state index contributed by atoms with van der Waals surface area (Å²) in [6.07, 6.45) is 2.36. The van der Waals surface area contributed by atoms with Crippen LogP contribution in [0.25, 0.3) is 6.08 Å². The van der Waals surface area contributed by atoms with E-state index in [2.05, 4.69) is 12.2 Å². The van der Waals surface area contributed by atoms with Gasteiger partial charge in [0.05, 0.1) is 11.6 Å². The van der Waals surface area contributed by atoms with E-state index < -0.39 is 5.91 Å². The van der Waals surface area contributed by atoms with E-state index in [1.165, 1.54) is 6.08 Å². The molecule has 0 aliphatic rings. The van der Waals surface area contributed by atoms with Crippen LogP contribution in [0.3, 0.4) is 0 Å². The van der Waals surface area contributed by atoms with E-state index >= 15 is 0 Å². The highest BCUT2D eigenvalue weighted by Gasteiger charge is 2.15. The first-order valence-electron chi connectivity index (χ1n) is 10.8. The predicted molar refractivity (Wildman–Crippen MR) is 136 cm³/mol. The van der Waals surface area contributed by atoms with Gasteiger partial charge in [-0.2, -0.15) is 5.26 Å². The molecule has 0 heterocycles. The van der Waals surface area contributed by atoms with E-state index in [0.717, 1.165) is 17.5 Å². The van der Waals surface area contributed by atoms with Gasteiger partial charge in [-0.15, -0.1) is 0 Å². The molecule has 0 atom stereocenters. The molecule has 0 aliphatic carbocycles. The molecular weight excluding hydrogens is 471 g/mol. The third kappa shape index (κ3) is 6.54. The minimum Gasteiger partial charge on any atom is -0.490 e. The normalized spacial score (nSPS) is 11.0. The molecule has 0 saturated carbocycles. The lowest BCUT2D eigenvalue weighted by Gasteiger charge is -2.15. The van der Waals surface area contributed by atoms with Gasteiger partial charge in [-0.05, 0) is 60.9 Å². The Kier molecular flexibility index (Phi) is 8.98. The zero-order chi connectivity index (χ0) is 24.5. The topological polar surface area (TPSA) is 71.3 Å². The number of nitrogens with zero attached hydrogens (tertiary/aromatic N) is 1. The number of ether oxygens (including phenoxy) is 2. The van der Waals surface area contributed by atoms with E-state index in [4.69, 9.17) is 32.7 Å². The highest BCUT2D eigenvalue weighted by Crippen LogP contribution is 2.38. The van der Waals surface area contributed by atoms with Crippen LogP contribution < -0.4 is 14.8 Å². The second-order valence-corrected chi connectivity index (χ2v) is 8.13. The number of hydrogen-bond acceptors (Lipinski definition) is 4. The van der Waals surface area contributed by atoms with Gasteiger partial charge < -0.3 is 14.8 Å². The zero-order valence-corrected chi connectivity index (χ0v) is 20.4. The Hall–Kier alpha value is -3.46. The van der Waals surface area contributed by atoms with Crippen molar-refractivity contribution in [2.75, 3.05) is 11.9 Å². The van der Waals surface area contributed by atoms with Crippen LogP contribution >= 0.6 is 23.2 Å². The van der Waals surface area contributed by atoms with Crippen molar-refractivity contribution in [1.29, 1.82) is 5.26 Å². The molecule has 1 amide bonds. The smallest absolute Gasteiger partial charge is 0.266 e. The average molecular weight is 495 g/mol. The highest BCUT2D eigenvalue weighted by atomic mass is 35.5. The van der Waals surface area contributed by atoms with Crippen molar-refractivity contribution in [2.45, 2.75) is 26.9 Å². The van der Waals surface area contributed by atoms with Crippen molar-refractivity contribution in [3.8, 4) is 17.6 Å². The number of anilines is 1. The van der Waals surface area contributed by atoms with Crippen molar-refractivity contribution < 1.29 is 14.3 Å². The summed E-state index contributed by atoms with van der Waals surface area (Å²) >= 11 is 12.7. The Morgan fingerprint density at radius 1 is 1.03 bits per heavy atom. The molecule has 3 aromatic rings. The maximum atomic E-state index is 12.7. The number of nitriles is 1. The van der Waals surface area contributed by atoms with Crippen molar-refractivity contribution in [2.24, 2.45) is 0 Å². The Labute approximate surface area is 209 Å². The van der Waals surface area contributed by atoms with Crippen LogP contribution in [-0.4, -0.2) is 12.5 Å². The van der Waals surface area contributed by atoms with E-state index in [1.54, 1.807) is 30.3 Å². The number of aryl methyl sites for hydroxylation is 1. The molecule has 0 radical (unpaired) electrons. The van der Waals surface area contributed by atoms with Gasteiger partial charge in [0, 0.05) is 16.3 Å². The van der Waals surface area contributed by atoms with E-state index in [0.29, 0.717) is 34.4 Å². The van der Waals surface area contributed by atoms with Crippen molar-refractivity contribution >= 4 is 40.9 Å². The summed E-state index contributed by atoms with van der Waals surface area (Å²) in [6.45, 7) is 4.48. The summed E-state index contributed by atoms with van der Waals surface area (Å²) in [4.78, 5) is 12.7. The molecule has 0 spiro atoms. The molecule has 0 fully saturated rings. The average Bonchev–Trinajstić information content (AvgIpc) is 2.83. The largest absolute Gasteiger partial charge is 0.490 e. The number of nitrogens with one attached hydrogen (secondary N) is 1. The second kappa shape index (κ2) is 12.1. The molecule has 7 heteroatoms. The number of carbonyl (C=O) groups excluding carboxylic acids is 1. The lowest BCUT2D eigenvalue weighted by Crippen LogP contribution is -2.13. The van der Waals surface area contributed by atoms with Crippen molar-refractivity contribution in [3.63, 3.8) is 0 Å². The highest BCUT2D eigenvalue weighted by molar-refractivity contribution is 6.32. The molecule has 0 unspecified atom stereocenters. The number of rotatable bonds is 9. The summed E-state index contributed by atoms with van der Waals surface area (Å²) < 4.78 is 11.6. The van der Waals surface area contributed by atoms with E-state index in [-0.39, 0.29) is 17.2 Å². The van der Waals surface area contributed by atoms with Crippen molar-refractivity contribution in [3.05, 3.63) is 93.0 Å². The van der Waals surface area contributed by atoms with Crippen molar-refractivity contribution in [1.82, 2.24) is 0 Å². The van der Waals surface area contributed by atoms with Gasteiger partial charge in [0.1, 0.15) is 18.2 Å². The molecule has 3 rings (SSSR count). The predicted octanol–water partition coefficient (Wildman–Crippen LogP) is 7.08. The molecule has 174 valence electrons. The SMILES string of the molecule is CCOc1cc(/C=C(\C#N)C(=O)Nc2ccc(CC)cc2)cc(Cl)c1OCc1ccccc1Cl. The summed E-state index contributed by atoms with van der Waals surface area (Å²) in [7, 11) is 0. The number of halogens is 2. The van der Waals surface area contributed by atoms with Crippen LogP contribution in [0, 0.1) is 11.3 Å². The van der Waals surface area contributed by atoms with Gasteiger partial charge >= 0.3 is 0 Å². The van der Waals surface area contributed by atoms with Crippen LogP contribution in [0.2, 0.25) is 10.0 Å². The van der Waals surface area contributed by atoms with Crippen LogP contribution in [0.15, 0.2) is 66.2 Å². The number of amides is 1. The molecule has 1 N–H and O–H groups in total. The Balaban J connectivity index is 1.83. The maximum Gasteiger partial charge on any atom is 0.266 e. The first kappa shape index (κ1) is 25.2. The second-order valence-electron chi connectivity index (χ2n) is 7.32. The molecule has 0 saturated heterocycles. The molecule has 5 nitrogen and oxygen atoms in total. The first-order chi connectivity index (χ1) is 16.4. The fraction of sp³-hybridized carbons (Fsp3) is 0.185. The fourth-order valence-electron chi connectivity index (χ4n) is 3.18. The monoisotopic (exact) mass is 494 g/mol. The molecular formula is C27H24Cl2N2O3. The van der Waals surface area contributed by atoms with Crippen LogP contribution in [0.4, 0.5) is 5.69 Å². The lowest BCUT2D eigenvalue weighted by molar-refractivity contribution is -0.112. The van der Waals surface area contributed by atoms with Gasteiger partial charge in [0.15, 0.2) is 11.5 Å². The summed E-state index contributed by atoms with van der Waals surface area (Å²) in [5.74, 6) is 0.251. The van der Waals surface area contributed by atoms with E-state index in [9.17, 15) is 10.1 Å². The van der Waals surface area contributed by atoms with Gasteiger partial charge in [0.25, 0.3) is 5.91 Å². The summed E-state index contributed by atoms with van der Waals surface area (Å²) in [6, 6.07) is 20.1. The Bertz CT molecular complexity index is 1230. The van der Waals surface area contributed by atoms with Gasteiger partial charge in [-0.3, -0.25) is 4.79 Å². The zero-order valence-electron chi connectivity index (χ0n) is 18.9. The van der Waals surface area contributed by atoms with Gasteiger partial charge in [-0.1, -0.05) is 60.5 Å². The fourth-order valence-corrected chi connectivity index (χ4v) is 3.64. The summed E-state index contributed by atoms with van der Waals surface area (Å²) in [5.41, 5.74) is 3.04. The van der Waals surface area contributed by atoms with E-state index in [1.807, 2.05) is 43.3 Å². The van der Waals surface area contributed by atoms with Gasteiger partial charge in [0.2, 0.25) is 0 Å². The third-order valence-electron chi connectivity index (χ3n) is 4.96. The minimum atomic E-state index is -0.514. The quantitative estimate of drug-likeness (QED) is 0.254. The van der Waals surface area contributed by atoms with Crippen LogP contribution in [0.1, 0.15) is 30.5 Å². The number of benzene rings is 3. The third-order valence-corrected chi connectivity index (χ3v) is 5.61. The Morgan fingerprint density at radius 2 is 1.76 bits per heavy atom. The standard InChI is InChI=1S/C27H24Cl2N2O3/c1-3-18-9-11-22(12-10-18)31-27(32)21(16-30)13-19-14-24(29)26(25(15-19)33-4-2)34-17-20-7-5-6-8-23(20)28/h5-15H,3-4,17H2,1-2H3,(H,31,32)/b21-13+. The number of hydrogen-bond donors (Lipinski definition) is 1. The Morgan fingerprint density at radius 3 is 2.41 bits per heavy atom. The number of carbonyl (C=O) groups is 1. The maximum absolute atomic E-state index is 12.7. The lowest BCUT2D eigenvalue weighted by atomic mass is 10.1. The minimum absolute atomic E-state index is 0.0668. The summed E-state index contributed by atoms with van der Waals surface area (Å²) in [5, 5.41) is 13.2. The molecule has 3 aromatic carbocycles.